The summed E-state index contributed by atoms with van der Waals surface area (Å²) in [6.45, 7) is 6.54. The smallest absolute Gasteiger partial charge is 0.227 e. The lowest BCUT2D eigenvalue weighted by atomic mass is 9.84. The number of nitriles is 1. The fraction of sp³-hybridized carbons (Fsp3) is 0.414. The lowest BCUT2D eigenvalue weighted by Crippen LogP contribution is -2.39. The van der Waals surface area contributed by atoms with Crippen molar-refractivity contribution in [3.8, 4) is 18.4 Å². The van der Waals surface area contributed by atoms with Crippen molar-refractivity contribution in [1.29, 1.82) is 5.26 Å². The number of rotatable bonds is 5. The molecule has 1 saturated heterocycles. The predicted molar refractivity (Wildman–Crippen MR) is 144 cm³/mol. The maximum atomic E-state index is 13.2. The van der Waals surface area contributed by atoms with Gasteiger partial charge in [0.15, 0.2) is 0 Å². The third-order valence-electron chi connectivity index (χ3n) is 7.11. The molecule has 0 saturated carbocycles. The van der Waals surface area contributed by atoms with Crippen LogP contribution in [0.25, 0.3) is 22.7 Å². The molecule has 1 fully saturated rings. The highest BCUT2D eigenvalue weighted by atomic mass is 16.2. The van der Waals surface area contributed by atoms with E-state index in [-0.39, 0.29) is 17.9 Å². The van der Waals surface area contributed by atoms with Gasteiger partial charge >= 0.3 is 0 Å². The molecule has 1 aliphatic heterocycles. The van der Waals surface area contributed by atoms with Crippen molar-refractivity contribution >= 4 is 34.8 Å². The minimum absolute atomic E-state index is 0.0798. The Balaban J connectivity index is 1.74. The van der Waals surface area contributed by atoms with Crippen LogP contribution in [0.5, 0.6) is 0 Å². The van der Waals surface area contributed by atoms with Gasteiger partial charge in [0, 0.05) is 36.7 Å². The van der Waals surface area contributed by atoms with Crippen LogP contribution in [-0.2, 0) is 11.8 Å². The Morgan fingerprint density at radius 3 is 2.81 bits per heavy atom. The van der Waals surface area contributed by atoms with Crippen LogP contribution in [0.2, 0.25) is 0 Å². The Bertz CT molecular complexity index is 1390. The van der Waals surface area contributed by atoms with Crippen molar-refractivity contribution in [1.82, 2.24) is 19.4 Å². The van der Waals surface area contributed by atoms with Crippen molar-refractivity contribution < 1.29 is 4.79 Å². The number of nitrogens with zero attached hydrogens (tertiary/aromatic N) is 6. The van der Waals surface area contributed by atoms with Gasteiger partial charge in [0.05, 0.1) is 17.5 Å². The third-order valence-corrected chi connectivity index (χ3v) is 7.11. The molecule has 2 aromatic heterocycles. The van der Waals surface area contributed by atoms with E-state index in [1.807, 2.05) is 33.9 Å². The monoisotopic (exact) mass is 480 g/mol. The molecule has 0 N–H and O–H groups in total. The van der Waals surface area contributed by atoms with Crippen LogP contribution in [0, 0.1) is 36.5 Å². The van der Waals surface area contributed by atoms with E-state index in [0.717, 1.165) is 59.2 Å². The van der Waals surface area contributed by atoms with Crippen molar-refractivity contribution in [3.05, 3.63) is 46.7 Å². The second kappa shape index (κ2) is 10.7. The standard InChI is InChI=1S/C29H32N6O/c1-6-23(31-7-2)15-19(3)16-25-27(26-20(4)32-18-33-28(26)34(25)5)21-10-12-22(13-11-21)29(36)35-14-8-9-24(35)17-30/h1,7,10,15-16,18,22,24H,8-9,11-14H2,2-5H3/b19-16+,23-15-,31-7?. The highest BCUT2D eigenvalue weighted by Gasteiger charge is 2.34. The van der Waals surface area contributed by atoms with Gasteiger partial charge < -0.3 is 9.47 Å². The number of carbonyl (C=O) groups is 1. The summed E-state index contributed by atoms with van der Waals surface area (Å²) >= 11 is 0. The molecule has 4 rings (SSSR count). The highest BCUT2D eigenvalue weighted by molar-refractivity contribution is 5.97. The molecular formula is C29H32N6O. The SMILES string of the molecule is C#C/C(=C/C(C)=C/c1c(C2=CCC(C(=O)N3CCCC3C#N)CC2)c2c(C)ncnc2n1C)N=CC. The lowest BCUT2D eigenvalue weighted by molar-refractivity contribution is -0.135. The molecule has 2 aromatic rings. The van der Waals surface area contributed by atoms with Gasteiger partial charge in [0.2, 0.25) is 5.91 Å². The summed E-state index contributed by atoms with van der Waals surface area (Å²) in [5.41, 5.74) is 6.68. The topological polar surface area (TPSA) is 87.2 Å². The lowest BCUT2D eigenvalue weighted by Gasteiger charge is -2.28. The van der Waals surface area contributed by atoms with E-state index in [9.17, 15) is 10.1 Å². The molecule has 1 aliphatic carbocycles. The Hall–Kier alpha value is -3.97. The molecule has 0 spiro atoms. The number of hydrogen-bond acceptors (Lipinski definition) is 5. The highest BCUT2D eigenvalue weighted by Crippen LogP contribution is 2.39. The predicted octanol–water partition coefficient (Wildman–Crippen LogP) is 4.99. The van der Waals surface area contributed by atoms with Crippen LogP contribution in [0.4, 0.5) is 0 Å². The zero-order valence-electron chi connectivity index (χ0n) is 21.5. The molecule has 3 heterocycles. The molecule has 2 atom stereocenters. The number of aryl methyl sites for hydroxylation is 2. The number of aliphatic imine (C=N–C) groups is 1. The fourth-order valence-electron chi connectivity index (χ4n) is 5.32. The Morgan fingerprint density at radius 2 is 2.14 bits per heavy atom. The van der Waals surface area contributed by atoms with Gasteiger partial charge in [-0.05, 0) is 76.2 Å². The minimum Gasteiger partial charge on any atom is -0.328 e. The van der Waals surface area contributed by atoms with Crippen LogP contribution in [0.15, 0.2) is 34.7 Å². The van der Waals surface area contributed by atoms with Gasteiger partial charge in [-0.1, -0.05) is 12.0 Å². The number of likely N-dealkylation sites (tertiary alicyclic amines) is 1. The molecule has 0 bridgehead atoms. The van der Waals surface area contributed by atoms with Gasteiger partial charge in [-0.15, -0.1) is 6.42 Å². The first-order chi connectivity index (χ1) is 17.4. The molecule has 0 radical (unpaired) electrons. The van der Waals surface area contributed by atoms with Gasteiger partial charge in [-0.3, -0.25) is 9.79 Å². The van der Waals surface area contributed by atoms with Crippen molar-refractivity contribution in [3.63, 3.8) is 0 Å². The van der Waals surface area contributed by atoms with Crippen LogP contribution < -0.4 is 0 Å². The number of fused-ring (bicyclic) bond motifs is 1. The quantitative estimate of drug-likeness (QED) is 0.343. The van der Waals surface area contributed by atoms with Gasteiger partial charge in [0.25, 0.3) is 0 Å². The van der Waals surface area contributed by atoms with Crippen LogP contribution in [-0.4, -0.2) is 44.1 Å². The molecule has 2 aliphatic rings. The molecule has 7 nitrogen and oxygen atoms in total. The van der Waals surface area contributed by atoms with Crippen LogP contribution >= 0.6 is 0 Å². The Morgan fingerprint density at radius 1 is 1.33 bits per heavy atom. The summed E-state index contributed by atoms with van der Waals surface area (Å²) in [5, 5.41) is 10.4. The number of allylic oxidation sites excluding steroid dienone is 5. The van der Waals surface area contributed by atoms with E-state index in [0.29, 0.717) is 18.7 Å². The van der Waals surface area contributed by atoms with E-state index in [1.54, 1.807) is 17.4 Å². The normalized spacial score (nSPS) is 21.1. The summed E-state index contributed by atoms with van der Waals surface area (Å²) in [7, 11) is 2.01. The van der Waals surface area contributed by atoms with Gasteiger partial charge in [-0.2, -0.15) is 5.26 Å². The maximum Gasteiger partial charge on any atom is 0.227 e. The van der Waals surface area contributed by atoms with E-state index in [4.69, 9.17) is 6.42 Å². The van der Waals surface area contributed by atoms with Crippen LogP contribution in [0.3, 0.4) is 0 Å². The molecule has 184 valence electrons. The number of carbonyl (C=O) groups excluding carboxylic acids is 1. The number of terminal acetylenes is 1. The Kier molecular flexibility index (Phi) is 7.50. The first-order valence-corrected chi connectivity index (χ1v) is 12.4. The largest absolute Gasteiger partial charge is 0.328 e. The molecule has 36 heavy (non-hydrogen) atoms. The number of amides is 1. The summed E-state index contributed by atoms with van der Waals surface area (Å²) in [4.78, 5) is 28.2. The number of aromatic nitrogens is 3. The van der Waals surface area contributed by atoms with E-state index in [2.05, 4.69) is 43.7 Å². The first kappa shape index (κ1) is 25.1. The summed E-state index contributed by atoms with van der Waals surface area (Å²) in [6.07, 6.45) is 19.0. The molecule has 1 amide bonds. The van der Waals surface area contributed by atoms with E-state index < -0.39 is 0 Å². The molecule has 7 heteroatoms. The summed E-state index contributed by atoms with van der Waals surface area (Å²) in [6, 6.07) is 2.01. The van der Waals surface area contributed by atoms with Crippen molar-refractivity contribution in [2.75, 3.05) is 6.54 Å². The Labute approximate surface area is 212 Å². The summed E-state index contributed by atoms with van der Waals surface area (Å²) in [5.74, 6) is 2.66. The maximum absolute atomic E-state index is 13.2. The second-order valence-corrected chi connectivity index (χ2v) is 9.45. The van der Waals surface area contributed by atoms with Crippen LogP contribution in [0.1, 0.15) is 62.9 Å². The second-order valence-electron chi connectivity index (χ2n) is 9.45. The van der Waals surface area contributed by atoms with E-state index in [1.165, 1.54) is 5.57 Å². The molecular weight excluding hydrogens is 448 g/mol. The minimum atomic E-state index is -0.279. The fourth-order valence-corrected chi connectivity index (χ4v) is 5.32. The van der Waals surface area contributed by atoms with Crippen molar-refractivity contribution in [2.24, 2.45) is 18.0 Å². The average molecular weight is 481 g/mol. The average Bonchev–Trinajstić information content (AvgIpc) is 3.47. The van der Waals surface area contributed by atoms with Gasteiger partial charge in [0.1, 0.15) is 23.7 Å². The zero-order valence-corrected chi connectivity index (χ0v) is 21.5. The van der Waals surface area contributed by atoms with Crippen molar-refractivity contribution in [2.45, 2.75) is 58.9 Å². The van der Waals surface area contributed by atoms with Gasteiger partial charge in [-0.25, -0.2) is 9.97 Å². The molecule has 2 unspecified atom stereocenters. The summed E-state index contributed by atoms with van der Waals surface area (Å²) < 4.78 is 2.09. The van der Waals surface area contributed by atoms with E-state index >= 15 is 0 Å². The zero-order chi connectivity index (χ0) is 25.8. The first-order valence-electron chi connectivity index (χ1n) is 12.4. The number of hydrogen-bond donors (Lipinski definition) is 0. The third kappa shape index (κ3) is 4.75. The molecule has 0 aromatic carbocycles.